The average molecular weight is 425 g/mol. The average Bonchev–Trinajstić information content (AvgIpc) is 2.73. The van der Waals surface area contributed by atoms with Crippen molar-refractivity contribution in [1.82, 2.24) is 5.06 Å². The van der Waals surface area contributed by atoms with Gasteiger partial charge in [0.25, 0.3) is 0 Å². The lowest BCUT2D eigenvalue weighted by Gasteiger charge is -2.24. The maximum absolute atomic E-state index is 11.2. The topological polar surface area (TPSA) is 74.0 Å². The van der Waals surface area contributed by atoms with Gasteiger partial charge in [-0.25, -0.2) is 4.28 Å². The molecule has 1 aliphatic heterocycles. The van der Waals surface area contributed by atoms with Gasteiger partial charge in [-0.1, -0.05) is 30.7 Å². The highest BCUT2D eigenvalue weighted by Crippen LogP contribution is 2.31. The van der Waals surface area contributed by atoms with Crippen LogP contribution in [0.25, 0.3) is 0 Å². The quantitative estimate of drug-likeness (QED) is 0.707. The molecule has 0 aromatic heterocycles. The van der Waals surface area contributed by atoms with Gasteiger partial charge in [0.2, 0.25) is 5.91 Å². The molecule has 0 spiro atoms. The molecule has 6 nitrogen and oxygen atoms in total. The summed E-state index contributed by atoms with van der Waals surface area (Å²) in [5.74, 6) is 0.166. The maximum Gasteiger partial charge on any atom is 0.248 e. The number of morpholine rings is 1. The van der Waals surface area contributed by atoms with Gasteiger partial charge in [-0.15, -0.1) is 0 Å². The number of rotatable bonds is 6. The van der Waals surface area contributed by atoms with E-state index >= 15 is 0 Å². The highest BCUT2D eigenvalue weighted by atomic mass is 35.5. The molecule has 1 aliphatic rings. The van der Waals surface area contributed by atoms with Crippen LogP contribution in [0.2, 0.25) is 5.02 Å². The Labute approximate surface area is 175 Å². The predicted molar refractivity (Wildman–Crippen MR) is 112 cm³/mol. The van der Waals surface area contributed by atoms with Gasteiger partial charge in [0.15, 0.2) is 0 Å². The van der Waals surface area contributed by atoms with E-state index in [1.165, 1.54) is 5.56 Å². The van der Waals surface area contributed by atoms with Crippen LogP contribution in [-0.2, 0) is 15.4 Å². The Hall–Kier alpha value is -1.77. The molecule has 1 saturated heterocycles. The van der Waals surface area contributed by atoms with E-state index in [-0.39, 0.29) is 0 Å². The molecule has 2 aromatic rings. The Morgan fingerprint density at radius 3 is 2.57 bits per heavy atom. The number of nitrogens with zero attached hydrogens (tertiary/aromatic N) is 1. The number of ether oxygens (including phenoxy) is 2. The smallest absolute Gasteiger partial charge is 0.248 e. The first kappa shape index (κ1) is 22.5. The van der Waals surface area contributed by atoms with Crippen LogP contribution in [0.4, 0.5) is 0 Å². The van der Waals surface area contributed by atoms with E-state index < -0.39 is 5.91 Å². The van der Waals surface area contributed by atoms with Gasteiger partial charge < -0.3 is 15.2 Å². The molecule has 0 atom stereocenters. The molecule has 2 N–H and O–H groups in total. The highest BCUT2D eigenvalue weighted by Gasteiger charge is 2.14. The van der Waals surface area contributed by atoms with E-state index in [0.29, 0.717) is 42.5 Å². The number of amides is 1. The fraction of sp³-hybridized carbons (Fsp3) is 0.350. The number of nitrogens with two attached hydrogens (primary N) is 1. The number of hydrogen-bond donors (Lipinski definition) is 1. The molecule has 0 aliphatic carbocycles. The molecule has 1 fully saturated rings. The van der Waals surface area contributed by atoms with Crippen LogP contribution in [0, 0.1) is 0 Å². The molecule has 1 amide bonds. The van der Waals surface area contributed by atoms with Crippen molar-refractivity contribution in [2.45, 2.75) is 18.2 Å². The Bertz CT molecular complexity index is 770. The SMILES string of the molecule is CCc1cccc(Cl)c1.COc1ccc(C(N)=O)cc1SON1CCOCC1. The van der Waals surface area contributed by atoms with Crippen molar-refractivity contribution in [3.05, 3.63) is 58.6 Å². The molecule has 152 valence electrons. The van der Waals surface area contributed by atoms with Gasteiger partial charge in [-0.2, -0.15) is 5.06 Å². The summed E-state index contributed by atoms with van der Waals surface area (Å²) in [6.07, 6.45) is 1.06. The van der Waals surface area contributed by atoms with Crippen LogP contribution in [0.3, 0.4) is 0 Å². The normalized spacial score (nSPS) is 14.1. The zero-order valence-corrected chi connectivity index (χ0v) is 17.6. The van der Waals surface area contributed by atoms with Crippen molar-refractivity contribution < 1.29 is 18.6 Å². The Kier molecular flexibility index (Phi) is 9.60. The lowest BCUT2D eigenvalue weighted by molar-refractivity contribution is -0.105. The predicted octanol–water partition coefficient (Wildman–Crippen LogP) is 3.97. The summed E-state index contributed by atoms with van der Waals surface area (Å²) in [5, 5.41) is 2.64. The van der Waals surface area contributed by atoms with Crippen LogP contribution >= 0.6 is 23.6 Å². The number of benzene rings is 2. The number of halogens is 1. The van der Waals surface area contributed by atoms with Gasteiger partial charge in [0.1, 0.15) is 5.75 Å². The molecular weight excluding hydrogens is 400 g/mol. The van der Waals surface area contributed by atoms with Crippen LogP contribution in [0.15, 0.2) is 47.4 Å². The number of hydrogen-bond acceptors (Lipinski definition) is 6. The van der Waals surface area contributed by atoms with Crippen LogP contribution in [0.1, 0.15) is 22.8 Å². The van der Waals surface area contributed by atoms with E-state index in [1.54, 1.807) is 25.3 Å². The van der Waals surface area contributed by atoms with Crippen molar-refractivity contribution in [3.8, 4) is 5.75 Å². The van der Waals surface area contributed by atoms with Crippen LogP contribution in [-0.4, -0.2) is 44.4 Å². The molecule has 2 aromatic carbocycles. The first-order valence-corrected chi connectivity index (χ1v) is 10.0. The third-order valence-corrected chi connectivity index (χ3v) is 4.97. The number of carbonyl (C=O) groups is 1. The summed E-state index contributed by atoms with van der Waals surface area (Å²) in [7, 11) is 1.57. The Morgan fingerprint density at radius 1 is 1.25 bits per heavy atom. The standard InChI is InChI=1S/C12H16N2O4S.C8H9Cl/c1-16-10-3-2-9(12(13)15)8-11(10)19-18-14-4-6-17-7-5-14;1-2-7-4-3-5-8(9)6-7/h2-3,8H,4-7H2,1H3,(H2,13,15);3-6H,2H2,1H3. The molecule has 0 bridgehead atoms. The second-order valence-corrected chi connectivity index (χ2v) is 7.10. The largest absolute Gasteiger partial charge is 0.495 e. The number of hydroxylamine groups is 2. The van der Waals surface area contributed by atoms with E-state index in [9.17, 15) is 4.79 Å². The lowest BCUT2D eigenvalue weighted by atomic mass is 10.2. The van der Waals surface area contributed by atoms with Crippen LogP contribution < -0.4 is 10.5 Å². The molecule has 0 unspecified atom stereocenters. The van der Waals surface area contributed by atoms with Gasteiger partial charge in [0.05, 0.1) is 37.3 Å². The summed E-state index contributed by atoms with van der Waals surface area (Å²) in [6.45, 7) is 4.85. The van der Waals surface area contributed by atoms with Crippen molar-refractivity contribution >= 4 is 29.6 Å². The lowest BCUT2D eigenvalue weighted by Crippen LogP contribution is -2.34. The molecule has 3 rings (SSSR count). The minimum Gasteiger partial charge on any atom is -0.495 e. The van der Waals surface area contributed by atoms with Gasteiger partial charge in [-0.3, -0.25) is 4.79 Å². The zero-order chi connectivity index (χ0) is 20.4. The fourth-order valence-electron chi connectivity index (χ4n) is 2.37. The van der Waals surface area contributed by atoms with Crippen LogP contribution in [0.5, 0.6) is 5.75 Å². The van der Waals surface area contributed by atoms with E-state index in [2.05, 4.69) is 13.0 Å². The summed E-state index contributed by atoms with van der Waals surface area (Å²) >= 11 is 6.87. The number of carbonyl (C=O) groups excluding carboxylic acids is 1. The Balaban J connectivity index is 0.000000261. The molecule has 8 heteroatoms. The summed E-state index contributed by atoms with van der Waals surface area (Å²) < 4.78 is 16.0. The first-order valence-electron chi connectivity index (χ1n) is 8.93. The maximum atomic E-state index is 11.2. The third kappa shape index (κ3) is 7.33. The molecule has 28 heavy (non-hydrogen) atoms. The second kappa shape index (κ2) is 11.9. The van der Waals surface area contributed by atoms with E-state index in [0.717, 1.165) is 23.5 Å². The molecular formula is C20H25ClN2O4S. The molecule has 0 radical (unpaired) electrons. The highest BCUT2D eigenvalue weighted by molar-refractivity contribution is 7.94. The van der Waals surface area contributed by atoms with Crippen molar-refractivity contribution in [2.75, 3.05) is 33.4 Å². The minimum absolute atomic E-state index is 0.425. The summed E-state index contributed by atoms with van der Waals surface area (Å²) in [4.78, 5) is 11.9. The second-order valence-electron chi connectivity index (χ2n) is 5.91. The molecule has 1 heterocycles. The van der Waals surface area contributed by atoms with Gasteiger partial charge >= 0.3 is 0 Å². The number of methoxy groups -OCH3 is 1. The summed E-state index contributed by atoms with van der Waals surface area (Å²) in [6, 6.07) is 12.9. The number of aryl methyl sites for hydroxylation is 1. The Morgan fingerprint density at radius 2 is 2.00 bits per heavy atom. The van der Waals surface area contributed by atoms with Crippen molar-refractivity contribution in [3.63, 3.8) is 0 Å². The monoisotopic (exact) mass is 424 g/mol. The van der Waals surface area contributed by atoms with E-state index in [1.807, 2.05) is 23.3 Å². The first-order chi connectivity index (χ1) is 13.5. The fourth-order valence-corrected chi connectivity index (χ4v) is 3.32. The van der Waals surface area contributed by atoms with Crippen molar-refractivity contribution in [2.24, 2.45) is 5.73 Å². The summed E-state index contributed by atoms with van der Waals surface area (Å²) in [5.41, 5.74) is 6.98. The minimum atomic E-state index is -0.476. The van der Waals surface area contributed by atoms with Crippen molar-refractivity contribution in [1.29, 1.82) is 0 Å². The van der Waals surface area contributed by atoms with Gasteiger partial charge in [0, 0.05) is 23.7 Å². The van der Waals surface area contributed by atoms with Gasteiger partial charge in [-0.05, 0) is 42.3 Å². The number of primary amides is 1. The third-order valence-electron chi connectivity index (χ3n) is 3.95. The molecule has 0 saturated carbocycles. The van der Waals surface area contributed by atoms with E-state index in [4.69, 9.17) is 31.1 Å². The zero-order valence-electron chi connectivity index (χ0n) is 16.0.